The molecule has 1 aromatic rings. The van der Waals surface area contributed by atoms with Gasteiger partial charge in [0.25, 0.3) is 0 Å². The first-order chi connectivity index (χ1) is 17.2. The van der Waals surface area contributed by atoms with Crippen LogP contribution in [0.3, 0.4) is 0 Å². The Morgan fingerprint density at radius 2 is 1.73 bits per heavy atom. The summed E-state index contributed by atoms with van der Waals surface area (Å²) in [7, 11) is 0. The number of alkyl carbamates (subject to hydrolysis) is 1. The zero-order valence-electron chi connectivity index (χ0n) is 22.7. The van der Waals surface area contributed by atoms with Crippen LogP contribution in [0, 0.1) is 12.3 Å². The van der Waals surface area contributed by atoms with Crippen LogP contribution >= 0.6 is 0 Å². The average molecular weight is 518 g/mol. The van der Waals surface area contributed by atoms with E-state index in [1.807, 2.05) is 0 Å². The van der Waals surface area contributed by atoms with Crippen LogP contribution in [-0.4, -0.2) is 70.8 Å². The van der Waals surface area contributed by atoms with Gasteiger partial charge in [-0.05, 0) is 60.1 Å². The summed E-state index contributed by atoms with van der Waals surface area (Å²) in [6.07, 6.45) is 4.74. The number of benzene rings is 1. The predicted molar refractivity (Wildman–Crippen MR) is 138 cm³/mol. The van der Waals surface area contributed by atoms with E-state index in [0.717, 1.165) is 0 Å². The Morgan fingerprint density at radius 1 is 1.11 bits per heavy atom. The lowest BCUT2D eigenvalue weighted by Gasteiger charge is -2.43. The number of aliphatic hydroxyl groups is 1. The van der Waals surface area contributed by atoms with Gasteiger partial charge in [-0.15, -0.1) is 6.42 Å². The number of nitrogens with one attached hydrogen (secondary N) is 2. The monoisotopic (exact) mass is 517 g/mol. The fourth-order valence-corrected chi connectivity index (χ4v) is 3.53. The van der Waals surface area contributed by atoms with Gasteiger partial charge in [0.1, 0.15) is 17.7 Å². The molecule has 37 heavy (non-hydrogen) atoms. The molecule has 3 N–H and O–H groups in total. The molecular formula is C27H39N3O7. The summed E-state index contributed by atoms with van der Waals surface area (Å²) in [6.45, 7) is 11.3. The minimum Gasteiger partial charge on any atom is -0.466 e. The molecule has 0 saturated carbocycles. The van der Waals surface area contributed by atoms with E-state index >= 15 is 0 Å². The number of hydrogen-bond acceptors (Lipinski definition) is 7. The minimum absolute atomic E-state index is 0.0296. The number of amides is 3. The van der Waals surface area contributed by atoms with E-state index in [0.29, 0.717) is 11.1 Å². The first kappa shape index (κ1) is 31.4. The summed E-state index contributed by atoms with van der Waals surface area (Å²) in [5.74, 6) is 0.742. The summed E-state index contributed by atoms with van der Waals surface area (Å²) in [5.41, 5.74) is -1.04. The molecular weight excluding hydrogens is 478 g/mol. The van der Waals surface area contributed by atoms with Crippen molar-refractivity contribution in [2.45, 2.75) is 78.1 Å². The van der Waals surface area contributed by atoms with Crippen LogP contribution in [0.15, 0.2) is 24.3 Å². The van der Waals surface area contributed by atoms with Crippen molar-refractivity contribution in [1.29, 1.82) is 0 Å². The third-order valence-corrected chi connectivity index (χ3v) is 4.98. The molecule has 0 bridgehead atoms. The fourth-order valence-electron chi connectivity index (χ4n) is 3.53. The van der Waals surface area contributed by atoms with Gasteiger partial charge in [0.15, 0.2) is 0 Å². The second-order valence-electron chi connectivity index (χ2n) is 10.2. The molecule has 10 heteroatoms. The van der Waals surface area contributed by atoms with E-state index < -0.39 is 53.7 Å². The maximum atomic E-state index is 13.8. The Bertz CT molecular complexity index is 1000. The van der Waals surface area contributed by atoms with Gasteiger partial charge in [-0.1, -0.05) is 24.1 Å². The second kappa shape index (κ2) is 13.7. The van der Waals surface area contributed by atoms with E-state index in [-0.39, 0.29) is 19.6 Å². The Labute approximate surface area is 219 Å². The molecule has 0 heterocycles. The van der Waals surface area contributed by atoms with E-state index in [9.17, 15) is 24.3 Å². The van der Waals surface area contributed by atoms with E-state index in [4.69, 9.17) is 15.9 Å². The molecule has 0 aliphatic rings. The Morgan fingerprint density at radius 3 is 2.24 bits per heavy atom. The van der Waals surface area contributed by atoms with Gasteiger partial charge in [-0.25, -0.2) is 4.79 Å². The van der Waals surface area contributed by atoms with Crippen LogP contribution < -0.4 is 10.6 Å². The largest absolute Gasteiger partial charge is 0.466 e. The molecule has 0 spiro atoms. The van der Waals surface area contributed by atoms with Crippen molar-refractivity contribution in [2.24, 2.45) is 0 Å². The highest BCUT2D eigenvalue weighted by atomic mass is 16.6. The highest BCUT2D eigenvalue weighted by Gasteiger charge is 2.42. The molecule has 204 valence electrons. The number of nitrogens with zero attached hydrogens (tertiary/aromatic N) is 1. The number of rotatable bonds is 10. The predicted octanol–water partition coefficient (Wildman–Crippen LogP) is 2.29. The van der Waals surface area contributed by atoms with Gasteiger partial charge in [0, 0.05) is 17.6 Å². The molecule has 0 radical (unpaired) electrons. The van der Waals surface area contributed by atoms with Crippen LogP contribution in [0.2, 0.25) is 0 Å². The first-order valence-corrected chi connectivity index (χ1v) is 12.1. The highest BCUT2D eigenvalue weighted by molar-refractivity contribution is 5.93. The van der Waals surface area contributed by atoms with Gasteiger partial charge in [-0.2, -0.15) is 0 Å². The standard InChI is InChI=1S/C27H39N3O7/c1-9-18-13-11-12-14-19(18)22(23(33)28-16-15-21(32)36-10-2)30(26(3,4)5)24(34)20(17-31)29-25(35)37-27(6,7)8/h1,11-14,20,22,31H,10,15-17H2,2-8H3,(H,28,33)(H,29,35). The van der Waals surface area contributed by atoms with Crippen molar-refractivity contribution in [3.8, 4) is 12.3 Å². The third-order valence-electron chi connectivity index (χ3n) is 4.98. The highest BCUT2D eigenvalue weighted by Crippen LogP contribution is 2.31. The van der Waals surface area contributed by atoms with Crippen molar-refractivity contribution in [2.75, 3.05) is 19.8 Å². The molecule has 0 aromatic heterocycles. The fraction of sp³-hybridized carbons (Fsp3) is 0.556. The molecule has 0 saturated heterocycles. The maximum absolute atomic E-state index is 13.8. The second-order valence-corrected chi connectivity index (χ2v) is 10.2. The van der Waals surface area contributed by atoms with Crippen LogP contribution in [-0.2, 0) is 23.9 Å². The number of hydrogen-bond donors (Lipinski definition) is 3. The zero-order chi connectivity index (χ0) is 28.4. The Balaban J connectivity index is 3.47. The molecule has 1 rings (SSSR count). The Kier molecular flexibility index (Phi) is 11.6. The van der Waals surface area contributed by atoms with Crippen molar-refractivity contribution in [1.82, 2.24) is 15.5 Å². The van der Waals surface area contributed by atoms with Crippen LogP contribution in [0.5, 0.6) is 0 Å². The SMILES string of the molecule is C#Cc1ccccc1C(C(=O)NCCC(=O)OCC)N(C(=O)C(CO)NC(=O)OC(C)(C)C)C(C)(C)C. The summed E-state index contributed by atoms with van der Waals surface area (Å²) in [6, 6.07) is 4.02. The molecule has 3 amide bonds. The molecule has 1 aromatic carbocycles. The molecule has 10 nitrogen and oxygen atoms in total. The molecule has 2 unspecified atom stereocenters. The maximum Gasteiger partial charge on any atom is 0.408 e. The topological polar surface area (TPSA) is 134 Å². The van der Waals surface area contributed by atoms with E-state index in [1.165, 1.54) is 4.90 Å². The number of terminal acetylenes is 1. The molecule has 0 fully saturated rings. The van der Waals surface area contributed by atoms with E-state index in [2.05, 4.69) is 16.6 Å². The number of ether oxygens (including phenoxy) is 2. The number of aliphatic hydroxyl groups excluding tert-OH is 1. The van der Waals surface area contributed by atoms with Gasteiger partial charge >= 0.3 is 12.1 Å². The van der Waals surface area contributed by atoms with Crippen molar-refractivity contribution < 1.29 is 33.8 Å². The van der Waals surface area contributed by atoms with Crippen LogP contribution in [0.4, 0.5) is 4.79 Å². The summed E-state index contributed by atoms with van der Waals surface area (Å²) in [5, 5.41) is 15.1. The summed E-state index contributed by atoms with van der Waals surface area (Å²) < 4.78 is 10.1. The lowest BCUT2D eigenvalue weighted by atomic mass is 9.92. The lowest BCUT2D eigenvalue weighted by molar-refractivity contribution is -0.149. The van der Waals surface area contributed by atoms with Crippen molar-refractivity contribution >= 4 is 23.9 Å². The smallest absolute Gasteiger partial charge is 0.408 e. The number of esters is 1. The normalized spacial score (nSPS) is 12.9. The van der Waals surface area contributed by atoms with Gasteiger partial charge in [0.2, 0.25) is 11.8 Å². The number of carbonyl (C=O) groups excluding carboxylic acids is 4. The molecule has 0 aliphatic carbocycles. The zero-order valence-corrected chi connectivity index (χ0v) is 22.7. The molecule has 0 aliphatic heterocycles. The summed E-state index contributed by atoms with van der Waals surface area (Å²) in [4.78, 5) is 52.8. The van der Waals surface area contributed by atoms with Crippen molar-refractivity contribution in [3.63, 3.8) is 0 Å². The summed E-state index contributed by atoms with van der Waals surface area (Å²) >= 11 is 0. The van der Waals surface area contributed by atoms with Crippen LogP contribution in [0.25, 0.3) is 0 Å². The lowest BCUT2D eigenvalue weighted by Crippen LogP contribution is -2.59. The van der Waals surface area contributed by atoms with Gasteiger partial charge < -0.3 is 30.1 Å². The number of carbonyl (C=O) groups is 4. The van der Waals surface area contributed by atoms with Gasteiger partial charge in [-0.3, -0.25) is 14.4 Å². The molecule has 2 atom stereocenters. The van der Waals surface area contributed by atoms with Crippen molar-refractivity contribution in [3.05, 3.63) is 35.4 Å². The third kappa shape index (κ3) is 9.77. The van der Waals surface area contributed by atoms with Crippen LogP contribution in [0.1, 0.15) is 72.1 Å². The quantitative estimate of drug-likeness (QED) is 0.320. The first-order valence-electron chi connectivity index (χ1n) is 12.1. The van der Waals surface area contributed by atoms with E-state index in [1.54, 1.807) is 72.7 Å². The van der Waals surface area contributed by atoms with Gasteiger partial charge in [0.05, 0.1) is 19.6 Å². The Hall–Kier alpha value is -3.58. The minimum atomic E-state index is -1.40. The average Bonchev–Trinajstić information content (AvgIpc) is 2.78.